The fourth-order valence-electron chi connectivity index (χ4n) is 4.46. The van der Waals surface area contributed by atoms with Crippen LogP contribution >= 0.6 is 0 Å². The van der Waals surface area contributed by atoms with E-state index in [1.807, 2.05) is 13.1 Å². The van der Waals surface area contributed by atoms with E-state index in [0.29, 0.717) is 28.9 Å². The SMILES string of the molecule is CNCCc1ccc(N(C)C(=O)N(C)c2ccc(C[C@H](NC(=O)CC3=C(O)C=CCC=C3O)C(=O)O)cc2)c(C=O)c1. The number of aliphatic hydroxyl groups is 2. The molecule has 11 nitrogen and oxygen atoms in total. The molecule has 3 amide bonds. The second-order valence-corrected chi connectivity index (χ2v) is 9.86. The summed E-state index contributed by atoms with van der Waals surface area (Å²) in [6.07, 6.45) is 5.86. The van der Waals surface area contributed by atoms with E-state index in [9.17, 15) is 34.5 Å². The number of carbonyl (C=O) groups is 4. The fraction of sp³-hybridized carbons (Fsp3) is 0.290. The van der Waals surface area contributed by atoms with Crippen LogP contribution in [0, 0.1) is 0 Å². The minimum absolute atomic E-state index is 0.0115. The maximum Gasteiger partial charge on any atom is 0.328 e. The maximum atomic E-state index is 13.2. The summed E-state index contributed by atoms with van der Waals surface area (Å²) in [7, 11) is 5.02. The van der Waals surface area contributed by atoms with Gasteiger partial charge in [0.25, 0.3) is 0 Å². The number of aldehydes is 1. The van der Waals surface area contributed by atoms with Crippen LogP contribution in [0.5, 0.6) is 0 Å². The van der Waals surface area contributed by atoms with Gasteiger partial charge in [-0.2, -0.15) is 0 Å². The number of allylic oxidation sites excluding steroid dienone is 4. The van der Waals surface area contributed by atoms with Crippen LogP contribution in [0.4, 0.5) is 16.2 Å². The number of hydrogen-bond acceptors (Lipinski definition) is 7. The van der Waals surface area contributed by atoms with Crippen molar-refractivity contribution in [2.24, 2.45) is 0 Å². The number of carboxylic acid groups (broad SMARTS) is 1. The maximum absolute atomic E-state index is 13.2. The normalized spacial score (nSPS) is 13.5. The zero-order chi connectivity index (χ0) is 30.8. The molecule has 0 fully saturated rings. The number of aliphatic hydroxyl groups excluding tert-OH is 2. The lowest BCUT2D eigenvalue weighted by molar-refractivity contribution is -0.141. The standard InChI is InChI=1S/C31H36N4O7/c1-32-15-14-21-10-13-26(22(16-21)19-36)35(3)31(42)34(2)23-11-8-20(9-12-23)17-25(30(40)41)33-29(39)18-24-27(37)6-4-5-7-28(24)38/h4,6-13,16,19,25,32,37-38H,5,14-15,17-18H2,1-3H3,(H,33,39)(H,40,41)/t25-/m0/s1. The van der Waals surface area contributed by atoms with E-state index in [1.165, 1.54) is 22.0 Å². The molecule has 0 aromatic heterocycles. The van der Waals surface area contributed by atoms with Crippen molar-refractivity contribution in [2.45, 2.75) is 31.7 Å². The number of benzene rings is 2. The Hall–Kier alpha value is -4.90. The second-order valence-electron chi connectivity index (χ2n) is 9.86. The summed E-state index contributed by atoms with van der Waals surface area (Å²) in [4.78, 5) is 52.2. The topological polar surface area (TPSA) is 160 Å². The first kappa shape index (κ1) is 31.6. The summed E-state index contributed by atoms with van der Waals surface area (Å²) >= 11 is 0. The van der Waals surface area contributed by atoms with E-state index in [2.05, 4.69) is 10.6 Å². The Morgan fingerprint density at radius 2 is 1.71 bits per heavy atom. The Kier molecular flexibility index (Phi) is 11.0. The number of urea groups is 1. The highest BCUT2D eigenvalue weighted by Gasteiger charge is 2.24. The van der Waals surface area contributed by atoms with Gasteiger partial charge >= 0.3 is 12.0 Å². The van der Waals surface area contributed by atoms with Crippen LogP contribution in [0.1, 0.15) is 34.3 Å². The third kappa shape index (κ3) is 8.07. The van der Waals surface area contributed by atoms with Gasteiger partial charge in [0.1, 0.15) is 17.6 Å². The monoisotopic (exact) mass is 576 g/mol. The summed E-state index contributed by atoms with van der Waals surface area (Å²) in [5.74, 6) is -2.41. The predicted molar refractivity (Wildman–Crippen MR) is 160 cm³/mol. The Balaban J connectivity index is 1.67. The molecule has 0 saturated heterocycles. The predicted octanol–water partition coefficient (Wildman–Crippen LogP) is 3.67. The first-order valence-corrected chi connectivity index (χ1v) is 13.4. The Labute approximate surface area is 244 Å². The first-order valence-electron chi connectivity index (χ1n) is 13.4. The molecule has 222 valence electrons. The van der Waals surface area contributed by atoms with Crippen LogP contribution in [0.25, 0.3) is 0 Å². The molecule has 1 atom stereocenters. The summed E-state index contributed by atoms with van der Waals surface area (Å²) in [5, 5.41) is 35.3. The third-order valence-corrected chi connectivity index (χ3v) is 6.89. The average molecular weight is 577 g/mol. The summed E-state index contributed by atoms with van der Waals surface area (Å²) in [5.41, 5.74) is 3.00. The molecule has 1 aliphatic carbocycles. The van der Waals surface area contributed by atoms with Crippen molar-refractivity contribution in [3.8, 4) is 0 Å². The molecule has 0 bridgehead atoms. The van der Waals surface area contributed by atoms with E-state index < -0.39 is 24.3 Å². The van der Waals surface area contributed by atoms with Crippen molar-refractivity contribution < 1.29 is 34.5 Å². The lowest BCUT2D eigenvalue weighted by atomic mass is 10.0. The van der Waals surface area contributed by atoms with Gasteiger partial charge in [0.2, 0.25) is 5.91 Å². The van der Waals surface area contributed by atoms with E-state index >= 15 is 0 Å². The van der Waals surface area contributed by atoms with E-state index in [4.69, 9.17) is 0 Å². The number of aliphatic carboxylic acids is 1. The van der Waals surface area contributed by atoms with Gasteiger partial charge in [-0.3, -0.25) is 19.4 Å². The molecule has 0 aliphatic heterocycles. The molecule has 11 heteroatoms. The molecule has 0 heterocycles. The molecular formula is C31H36N4O7. The summed E-state index contributed by atoms with van der Waals surface area (Å²) in [6.45, 7) is 0.757. The quantitative estimate of drug-likeness (QED) is 0.239. The van der Waals surface area contributed by atoms with Crippen molar-refractivity contribution in [3.05, 3.63) is 94.5 Å². The molecule has 0 radical (unpaired) electrons. The smallest absolute Gasteiger partial charge is 0.328 e. The molecular weight excluding hydrogens is 540 g/mol. The van der Waals surface area contributed by atoms with Crippen molar-refractivity contribution in [1.29, 1.82) is 0 Å². The number of rotatable bonds is 12. The number of amides is 3. The van der Waals surface area contributed by atoms with Crippen LogP contribution in [0.15, 0.2) is 77.8 Å². The number of hydrogen-bond donors (Lipinski definition) is 5. The zero-order valence-corrected chi connectivity index (χ0v) is 23.8. The van der Waals surface area contributed by atoms with Crippen molar-refractivity contribution in [3.63, 3.8) is 0 Å². The Morgan fingerprint density at radius 3 is 2.36 bits per heavy atom. The van der Waals surface area contributed by atoms with Crippen LogP contribution in [-0.2, 0) is 22.4 Å². The zero-order valence-electron chi connectivity index (χ0n) is 23.8. The van der Waals surface area contributed by atoms with E-state index in [0.717, 1.165) is 24.8 Å². The molecule has 3 rings (SSSR count). The van der Waals surface area contributed by atoms with Gasteiger partial charge < -0.3 is 26.0 Å². The molecule has 0 saturated carbocycles. The summed E-state index contributed by atoms with van der Waals surface area (Å²) in [6, 6.07) is 10.4. The van der Waals surface area contributed by atoms with Crippen molar-refractivity contribution in [2.75, 3.05) is 37.5 Å². The lowest BCUT2D eigenvalue weighted by Crippen LogP contribution is -2.42. The van der Waals surface area contributed by atoms with Gasteiger partial charge in [0, 0.05) is 37.3 Å². The Bertz CT molecular complexity index is 1410. The molecule has 0 unspecified atom stereocenters. The molecule has 2 aromatic rings. The first-order chi connectivity index (χ1) is 20.0. The van der Waals surface area contributed by atoms with Gasteiger partial charge in [0.05, 0.1) is 12.1 Å². The fourth-order valence-corrected chi connectivity index (χ4v) is 4.46. The number of carboxylic acids is 1. The van der Waals surface area contributed by atoms with Crippen LogP contribution < -0.4 is 20.4 Å². The molecule has 42 heavy (non-hydrogen) atoms. The number of nitrogens with one attached hydrogen (secondary N) is 2. The highest BCUT2D eigenvalue weighted by Crippen LogP contribution is 2.24. The highest BCUT2D eigenvalue weighted by atomic mass is 16.4. The highest BCUT2D eigenvalue weighted by molar-refractivity contribution is 6.05. The minimum Gasteiger partial charge on any atom is -0.508 e. The third-order valence-electron chi connectivity index (χ3n) is 6.89. The number of carbonyl (C=O) groups excluding carboxylic acids is 3. The van der Waals surface area contributed by atoms with Crippen LogP contribution in [0.3, 0.4) is 0 Å². The van der Waals surface area contributed by atoms with Gasteiger partial charge in [-0.25, -0.2) is 9.59 Å². The number of likely N-dealkylation sites (N-methyl/N-ethyl adjacent to an activating group) is 1. The molecule has 2 aromatic carbocycles. The average Bonchev–Trinajstić information content (AvgIpc) is 3.14. The molecule has 5 N–H and O–H groups in total. The van der Waals surface area contributed by atoms with E-state index in [1.54, 1.807) is 56.6 Å². The molecule has 0 spiro atoms. The van der Waals surface area contributed by atoms with E-state index in [-0.39, 0.29) is 29.5 Å². The number of anilines is 2. The second kappa shape index (κ2) is 14.6. The van der Waals surface area contributed by atoms with Crippen molar-refractivity contribution >= 4 is 35.6 Å². The van der Waals surface area contributed by atoms with Gasteiger partial charge in [0.15, 0.2) is 6.29 Å². The van der Waals surface area contributed by atoms with Gasteiger partial charge in [-0.05, 0) is 74.0 Å². The van der Waals surface area contributed by atoms with Crippen LogP contribution in [-0.4, -0.2) is 73.2 Å². The van der Waals surface area contributed by atoms with Gasteiger partial charge in [-0.15, -0.1) is 0 Å². The number of nitrogens with zero attached hydrogens (tertiary/aromatic N) is 2. The Morgan fingerprint density at radius 1 is 1.02 bits per heavy atom. The largest absolute Gasteiger partial charge is 0.508 e. The van der Waals surface area contributed by atoms with Crippen molar-refractivity contribution in [1.82, 2.24) is 10.6 Å². The molecule has 1 aliphatic rings. The minimum atomic E-state index is -1.26. The summed E-state index contributed by atoms with van der Waals surface area (Å²) < 4.78 is 0. The lowest BCUT2D eigenvalue weighted by Gasteiger charge is -2.26. The van der Waals surface area contributed by atoms with Crippen LogP contribution in [0.2, 0.25) is 0 Å². The van der Waals surface area contributed by atoms with Gasteiger partial charge in [-0.1, -0.05) is 24.3 Å².